The maximum absolute atomic E-state index is 12.1. The highest BCUT2D eigenvalue weighted by molar-refractivity contribution is 5.51. The minimum Gasteiger partial charge on any atom is -0.383 e. The summed E-state index contributed by atoms with van der Waals surface area (Å²) in [4.78, 5) is 0. The third kappa shape index (κ3) is 5.13. The molecule has 0 spiro atoms. The summed E-state index contributed by atoms with van der Waals surface area (Å²) in [6, 6.07) is 9.45. The third-order valence-corrected chi connectivity index (χ3v) is 3.13. The molecule has 1 unspecified atom stereocenters. The molecule has 0 fully saturated rings. The van der Waals surface area contributed by atoms with Crippen LogP contribution in [0.2, 0.25) is 0 Å². The van der Waals surface area contributed by atoms with Gasteiger partial charge in [0.05, 0.1) is 5.69 Å². The van der Waals surface area contributed by atoms with E-state index in [-0.39, 0.29) is 12.5 Å². The summed E-state index contributed by atoms with van der Waals surface area (Å²) < 4.78 is 38.1. The molecule has 0 aliphatic rings. The van der Waals surface area contributed by atoms with Gasteiger partial charge in [0.15, 0.2) is 0 Å². The lowest BCUT2D eigenvalue weighted by Gasteiger charge is -2.16. The fourth-order valence-corrected chi connectivity index (χ4v) is 2.13. The van der Waals surface area contributed by atoms with E-state index < -0.39 is 12.6 Å². The minimum absolute atomic E-state index is 0.0137. The highest BCUT2D eigenvalue weighted by atomic mass is 19.4. The smallest absolute Gasteiger partial charge is 0.383 e. The predicted octanol–water partition coefficient (Wildman–Crippen LogP) is 4.41. The van der Waals surface area contributed by atoms with Gasteiger partial charge in [0.25, 0.3) is 0 Å². The summed E-state index contributed by atoms with van der Waals surface area (Å²) in [5.74, 6) is 0. The molecule has 0 saturated heterocycles. The summed E-state index contributed by atoms with van der Waals surface area (Å²) in [7, 11) is 0. The fourth-order valence-electron chi connectivity index (χ4n) is 2.13. The molecule has 0 radical (unpaired) electrons. The van der Waals surface area contributed by atoms with Gasteiger partial charge in [0.1, 0.15) is 0 Å². The molecule has 0 saturated carbocycles. The monoisotopic (exact) mass is 297 g/mol. The van der Waals surface area contributed by atoms with Crippen LogP contribution in [0.3, 0.4) is 0 Å². The molecule has 0 amide bonds. The van der Waals surface area contributed by atoms with Crippen molar-refractivity contribution in [2.75, 3.05) is 5.32 Å². The van der Waals surface area contributed by atoms with Crippen LogP contribution in [0.25, 0.3) is 5.69 Å². The summed E-state index contributed by atoms with van der Waals surface area (Å²) in [5, 5.41) is 7.37. The zero-order chi connectivity index (χ0) is 15.3. The summed E-state index contributed by atoms with van der Waals surface area (Å²) >= 11 is 0. The van der Waals surface area contributed by atoms with E-state index in [1.165, 1.54) is 0 Å². The first-order chi connectivity index (χ1) is 9.94. The highest BCUT2D eigenvalue weighted by Gasteiger charge is 2.26. The summed E-state index contributed by atoms with van der Waals surface area (Å²) in [6.45, 7) is 1.89. The van der Waals surface area contributed by atoms with Gasteiger partial charge in [0.2, 0.25) is 0 Å². The zero-order valence-electron chi connectivity index (χ0n) is 11.8. The molecule has 1 aromatic carbocycles. The third-order valence-electron chi connectivity index (χ3n) is 3.13. The van der Waals surface area contributed by atoms with Gasteiger partial charge in [-0.3, -0.25) is 0 Å². The van der Waals surface area contributed by atoms with Crippen LogP contribution >= 0.6 is 0 Å². The van der Waals surface area contributed by atoms with Crippen LogP contribution in [0, 0.1) is 0 Å². The van der Waals surface area contributed by atoms with Crippen LogP contribution in [0.4, 0.5) is 18.9 Å². The Morgan fingerprint density at radius 3 is 2.76 bits per heavy atom. The van der Waals surface area contributed by atoms with Crippen molar-refractivity contribution in [3.8, 4) is 5.69 Å². The van der Waals surface area contributed by atoms with Crippen LogP contribution in [0.15, 0.2) is 42.7 Å². The van der Waals surface area contributed by atoms with Crippen molar-refractivity contribution in [3.05, 3.63) is 42.7 Å². The Morgan fingerprint density at radius 2 is 2.10 bits per heavy atom. The van der Waals surface area contributed by atoms with E-state index in [9.17, 15) is 13.2 Å². The molecule has 2 aromatic rings. The van der Waals surface area contributed by atoms with Gasteiger partial charge in [0, 0.05) is 30.5 Å². The number of nitrogens with zero attached hydrogens (tertiary/aromatic N) is 2. The first kappa shape index (κ1) is 15.4. The van der Waals surface area contributed by atoms with Crippen molar-refractivity contribution >= 4 is 5.69 Å². The van der Waals surface area contributed by atoms with Gasteiger partial charge < -0.3 is 5.32 Å². The molecular formula is C15H18F3N3. The largest absolute Gasteiger partial charge is 0.389 e. The number of hydrogen-bond donors (Lipinski definition) is 1. The van der Waals surface area contributed by atoms with Crippen molar-refractivity contribution in [1.82, 2.24) is 9.78 Å². The second kappa shape index (κ2) is 6.65. The van der Waals surface area contributed by atoms with Crippen LogP contribution < -0.4 is 5.32 Å². The number of hydrogen-bond acceptors (Lipinski definition) is 2. The van der Waals surface area contributed by atoms with E-state index in [0.29, 0.717) is 6.42 Å². The number of benzene rings is 1. The van der Waals surface area contributed by atoms with Crippen LogP contribution in [0.5, 0.6) is 0 Å². The lowest BCUT2D eigenvalue weighted by Crippen LogP contribution is -2.16. The van der Waals surface area contributed by atoms with Crippen molar-refractivity contribution in [2.45, 2.75) is 38.4 Å². The lowest BCUT2D eigenvalue weighted by molar-refractivity contribution is -0.135. The molecule has 0 aliphatic heterocycles. The molecule has 0 aliphatic carbocycles. The van der Waals surface area contributed by atoms with Crippen molar-refractivity contribution < 1.29 is 13.2 Å². The van der Waals surface area contributed by atoms with E-state index in [4.69, 9.17) is 0 Å². The Labute approximate surface area is 121 Å². The average Bonchev–Trinajstić information content (AvgIpc) is 2.91. The van der Waals surface area contributed by atoms with E-state index in [1.54, 1.807) is 10.9 Å². The minimum atomic E-state index is -4.07. The van der Waals surface area contributed by atoms with Crippen LogP contribution in [-0.2, 0) is 0 Å². The maximum Gasteiger partial charge on any atom is 0.389 e. The molecule has 6 heteroatoms. The Kier molecular flexibility index (Phi) is 4.88. The van der Waals surface area contributed by atoms with E-state index in [2.05, 4.69) is 10.4 Å². The van der Waals surface area contributed by atoms with Gasteiger partial charge in [-0.25, -0.2) is 4.68 Å². The average molecular weight is 297 g/mol. The molecule has 3 nitrogen and oxygen atoms in total. The SMILES string of the molecule is CC(CCCC(F)(F)F)Nc1cccc(-n2cccn2)c1. The standard InChI is InChI=1S/C15H18F3N3/c1-12(5-3-8-15(16,17)18)20-13-6-2-7-14(11-13)21-10-4-9-19-21/h2,4,6-7,9-12,20H,3,5,8H2,1H3. The van der Waals surface area contributed by atoms with Gasteiger partial charge >= 0.3 is 6.18 Å². The molecule has 114 valence electrons. The van der Waals surface area contributed by atoms with Crippen LogP contribution in [-0.4, -0.2) is 22.0 Å². The maximum atomic E-state index is 12.1. The van der Waals surface area contributed by atoms with Gasteiger partial charge in [-0.1, -0.05) is 6.07 Å². The lowest BCUT2D eigenvalue weighted by atomic mass is 10.1. The number of halogens is 3. The number of nitrogens with one attached hydrogen (secondary N) is 1. The normalized spacial score (nSPS) is 13.1. The Balaban J connectivity index is 1.89. The molecule has 1 aromatic heterocycles. The molecule has 1 N–H and O–H groups in total. The molecular weight excluding hydrogens is 279 g/mol. The fraction of sp³-hybridized carbons (Fsp3) is 0.400. The van der Waals surface area contributed by atoms with Crippen molar-refractivity contribution in [3.63, 3.8) is 0 Å². The highest BCUT2D eigenvalue weighted by Crippen LogP contribution is 2.23. The first-order valence-corrected chi connectivity index (χ1v) is 6.87. The molecule has 1 atom stereocenters. The van der Waals surface area contributed by atoms with E-state index >= 15 is 0 Å². The first-order valence-electron chi connectivity index (χ1n) is 6.87. The Hall–Kier alpha value is -1.98. The van der Waals surface area contributed by atoms with Gasteiger partial charge in [-0.2, -0.15) is 18.3 Å². The van der Waals surface area contributed by atoms with E-state index in [1.807, 2.05) is 43.5 Å². The van der Waals surface area contributed by atoms with Crippen molar-refractivity contribution in [1.29, 1.82) is 0 Å². The van der Waals surface area contributed by atoms with Crippen molar-refractivity contribution in [2.24, 2.45) is 0 Å². The van der Waals surface area contributed by atoms with Crippen LogP contribution in [0.1, 0.15) is 26.2 Å². The number of anilines is 1. The number of aromatic nitrogens is 2. The molecule has 1 heterocycles. The summed E-state index contributed by atoms with van der Waals surface area (Å²) in [6.07, 6.45) is -0.653. The molecule has 2 rings (SSSR count). The molecule has 21 heavy (non-hydrogen) atoms. The summed E-state index contributed by atoms with van der Waals surface area (Å²) in [5.41, 5.74) is 1.79. The zero-order valence-corrected chi connectivity index (χ0v) is 11.8. The molecule has 0 bridgehead atoms. The second-order valence-corrected chi connectivity index (χ2v) is 5.05. The van der Waals surface area contributed by atoms with Gasteiger partial charge in [-0.05, 0) is 44.0 Å². The number of alkyl halides is 3. The van der Waals surface area contributed by atoms with E-state index in [0.717, 1.165) is 11.4 Å². The predicted molar refractivity (Wildman–Crippen MR) is 76.6 cm³/mol. The number of rotatable bonds is 6. The Morgan fingerprint density at radius 1 is 1.29 bits per heavy atom. The Bertz CT molecular complexity index is 550. The topological polar surface area (TPSA) is 29.9 Å². The quantitative estimate of drug-likeness (QED) is 0.856. The van der Waals surface area contributed by atoms with Gasteiger partial charge in [-0.15, -0.1) is 0 Å². The second-order valence-electron chi connectivity index (χ2n) is 5.05.